The number of thiophene rings is 1. The smallest absolute Gasteiger partial charge is 0.241 e. The van der Waals surface area contributed by atoms with Crippen LogP contribution in [0.3, 0.4) is 0 Å². The Labute approximate surface area is 125 Å². The molecule has 0 saturated heterocycles. The van der Waals surface area contributed by atoms with Crippen LogP contribution in [0.4, 0.5) is 0 Å². The van der Waals surface area contributed by atoms with E-state index in [1.54, 1.807) is 5.38 Å². The zero-order valence-electron chi connectivity index (χ0n) is 12.3. The third-order valence-corrected chi connectivity index (χ3v) is 5.72. The topological polar surface area (TPSA) is 69.6 Å². The van der Waals surface area contributed by atoms with Crippen LogP contribution >= 0.6 is 11.3 Å². The summed E-state index contributed by atoms with van der Waals surface area (Å²) in [6.07, 6.45) is 1.77. The van der Waals surface area contributed by atoms with Gasteiger partial charge in [-0.05, 0) is 46.3 Å². The molecule has 20 heavy (non-hydrogen) atoms. The Morgan fingerprint density at radius 2 is 2.10 bits per heavy atom. The Morgan fingerprint density at radius 1 is 1.40 bits per heavy atom. The molecule has 0 aliphatic rings. The normalized spacial score (nSPS) is 12.5. The first kappa shape index (κ1) is 17.6. The van der Waals surface area contributed by atoms with E-state index in [1.807, 2.05) is 0 Å². The second-order valence-corrected chi connectivity index (χ2v) is 7.85. The third kappa shape index (κ3) is 5.49. The van der Waals surface area contributed by atoms with Crippen molar-refractivity contribution >= 4 is 21.4 Å². The number of nitrogens with zero attached hydrogens (tertiary/aromatic N) is 1. The van der Waals surface area contributed by atoms with Crippen LogP contribution in [0.25, 0.3) is 0 Å². The van der Waals surface area contributed by atoms with E-state index in [1.165, 1.54) is 17.4 Å². The Hall–Kier alpha value is -0.470. The maximum absolute atomic E-state index is 12.0. The van der Waals surface area contributed by atoms with Gasteiger partial charge in [0, 0.05) is 22.8 Å². The van der Waals surface area contributed by atoms with Crippen LogP contribution in [-0.2, 0) is 16.6 Å². The summed E-state index contributed by atoms with van der Waals surface area (Å²) in [7, 11) is -1.36. The molecule has 1 aromatic heterocycles. The summed E-state index contributed by atoms with van der Waals surface area (Å²) in [5.74, 6) is 0. The zero-order valence-corrected chi connectivity index (χ0v) is 13.9. The van der Waals surface area contributed by atoms with Crippen LogP contribution < -0.4 is 4.72 Å². The van der Waals surface area contributed by atoms with E-state index in [0.29, 0.717) is 17.5 Å². The Bertz CT molecular complexity index is 497. The van der Waals surface area contributed by atoms with Crippen molar-refractivity contribution in [3.8, 4) is 0 Å². The van der Waals surface area contributed by atoms with E-state index < -0.39 is 10.0 Å². The van der Waals surface area contributed by atoms with E-state index in [9.17, 15) is 8.42 Å². The SMILES string of the molecule is CC(C)N(C)CCCCNS(=O)(=O)c1csc(CO)c1. The number of aliphatic hydroxyl groups excluding tert-OH is 1. The second kappa shape index (κ2) is 8.09. The van der Waals surface area contributed by atoms with Crippen LogP contribution in [0.2, 0.25) is 0 Å². The molecule has 0 atom stereocenters. The van der Waals surface area contributed by atoms with Gasteiger partial charge in [0.1, 0.15) is 0 Å². The lowest BCUT2D eigenvalue weighted by atomic mass is 10.2. The fourth-order valence-corrected chi connectivity index (χ4v) is 3.83. The van der Waals surface area contributed by atoms with Gasteiger partial charge in [-0.25, -0.2) is 13.1 Å². The maximum atomic E-state index is 12.0. The monoisotopic (exact) mass is 320 g/mol. The van der Waals surface area contributed by atoms with Gasteiger partial charge in [0.2, 0.25) is 10.0 Å². The summed E-state index contributed by atoms with van der Waals surface area (Å²) in [5.41, 5.74) is 0. The minimum absolute atomic E-state index is 0.123. The molecule has 116 valence electrons. The molecule has 0 aliphatic heterocycles. The Kier molecular flexibility index (Phi) is 7.11. The molecule has 0 saturated carbocycles. The highest BCUT2D eigenvalue weighted by Gasteiger charge is 2.15. The van der Waals surface area contributed by atoms with E-state index in [-0.39, 0.29) is 11.5 Å². The van der Waals surface area contributed by atoms with E-state index in [0.717, 1.165) is 19.4 Å². The Balaban J connectivity index is 2.34. The molecule has 0 spiro atoms. The summed E-state index contributed by atoms with van der Waals surface area (Å²) in [6, 6.07) is 2.02. The van der Waals surface area contributed by atoms with Crippen LogP contribution in [0.5, 0.6) is 0 Å². The average Bonchev–Trinajstić information content (AvgIpc) is 2.87. The molecule has 5 nitrogen and oxygen atoms in total. The van der Waals surface area contributed by atoms with E-state index in [2.05, 4.69) is 30.5 Å². The second-order valence-electron chi connectivity index (χ2n) is 5.09. The molecule has 0 aromatic carbocycles. The van der Waals surface area contributed by atoms with Crippen molar-refractivity contribution in [1.82, 2.24) is 9.62 Å². The van der Waals surface area contributed by atoms with Gasteiger partial charge < -0.3 is 10.0 Å². The predicted molar refractivity (Wildman–Crippen MR) is 82.4 cm³/mol. The highest BCUT2D eigenvalue weighted by Crippen LogP contribution is 2.18. The number of sulfonamides is 1. The van der Waals surface area contributed by atoms with Crippen LogP contribution in [0.15, 0.2) is 16.3 Å². The Morgan fingerprint density at radius 3 is 2.65 bits per heavy atom. The number of rotatable bonds is 9. The lowest BCUT2D eigenvalue weighted by Crippen LogP contribution is -2.29. The molecule has 7 heteroatoms. The van der Waals surface area contributed by atoms with Crippen LogP contribution in [-0.4, -0.2) is 44.6 Å². The number of hydrogen-bond acceptors (Lipinski definition) is 5. The lowest BCUT2D eigenvalue weighted by Gasteiger charge is -2.20. The highest BCUT2D eigenvalue weighted by molar-refractivity contribution is 7.89. The summed E-state index contributed by atoms with van der Waals surface area (Å²) in [6.45, 7) is 5.56. The zero-order chi connectivity index (χ0) is 15.2. The number of unbranched alkanes of at least 4 members (excludes halogenated alkanes) is 1. The van der Waals surface area contributed by atoms with Gasteiger partial charge in [-0.2, -0.15) is 0 Å². The third-order valence-electron chi connectivity index (χ3n) is 3.21. The van der Waals surface area contributed by atoms with Crippen molar-refractivity contribution < 1.29 is 13.5 Å². The molecular weight excluding hydrogens is 296 g/mol. The van der Waals surface area contributed by atoms with Crippen molar-refractivity contribution in [2.24, 2.45) is 0 Å². The summed E-state index contributed by atoms with van der Waals surface area (Å²) < 4.78 is 26.5. The quantitative estimate of drug-likeness (QED) is 0.679. The van der Waals surface area contributed by atoms with Gasteiger partial charge in [-0.15, -0.1) is 11.3 Å². The van der Waals surface area contributed by atoms with Crippen LogP contribution in [0.1, 0.15) is 31.6 Å². The molecule has 0 fully saturated rings. The summed E-state index contributed by atoms with van der Waals surface area (Å²) in [4.78, 5) is 3.13. The van der Waals surface area contributed by atoms with Gasteiger partial charge in [0.15, 0.2) is 0 Å². The van der Waals surface area contributed by atoms with E-state index >= 15 is 0 Å². The molecule has 0 aliphatic carbocycles. The lowest BCUT2D eigenvalue weighted by molar-refractivity contribution is 0.268. The molecule has 0 amide bonds. The largest absolute Gasteiger partial charge is 0.391 e. The van der Waals surface area contributed by atoms with Crippen molar-refractivity contribution in [1.29, 1.82) is 0 Å². The average molecular weight is 320 g/mol. The van der Waals surface area contributed by atoms with Crippen molar-refractivity contribution in [2.75, 3.05) is 20.1 Å². The summed E-state index contributed by atoms with van der Waals surface area (Å²) >= 11 is 1.25. The predicted octanol–water partition coefficient (Wildman–Crippen LogP) is 1.64. The molecular formula is C13H24N2O3S2. The first-order valence-electron chi connectivity index (χ1n) is 6.75. The van der Waals surface area contributed by atoms with Gasteiger partial charge in [0.05, 0.1) is 11.5 Å². The molecule has 1 rings (SSSR count). The first-order chi connectivity index (χ1) is 9.36. The molecule has 2 N–H and O–H groups in total. The molecule has 1 aromatic rings. The summed E-state index contributed by atoms with van der Waals surface area (Å²) in [5, 5.41) is 10.5. The van der Waals surface area contributed by atoms with Gasteiger partial charge in [0.25, 0.3) is 0 Å². The fourth-order valence-electron chi connectivity index (χ4n) is 1.62. The maximum Gasteiger partial charge on any atom is 0.241 e. The van der Waals surface area contributed by atoms with Gasteiger partial charge >= 0.3 is 0 Å². The molecule has 0 radical (unpaired) electrons. The van der Waals surface area contributed by atoms with Gasteiger partial charge in [-0.1, -0.05) is 0 Å². The molecule has 1 heterocycles. The number of nitrogens with one attached hydrogen (secondary N) is 1. The van der Waals surface area contributed by atoms with Crippen molar-refractivity contribution in [2.45, 2.75) is 44.2 Å². The van der Waals surface area contributed by atoms with Crippen molar-refractivity contribution in [3.63, 3.8) is 0 Å². The van der Waals surface area contributed by atoms with Crippen molar-refractivity contribution in [3.05, 3.63) is 16.3 Å². The number of aliphatic hydroxyl groups is 1. The van der Waals surface area contributed by atoms with Gasteiger partial charge in [-0.3, -0.25) is 0 Å². The standard InChI is InChI=1S/C13H24N2O3S2/c1-11(2)15(3)7-5-4-6-14-20(17,18)13-8-12(9-16)19-10-13/h8,10-11,14,16H,4-7,9H2,1-3H3. The highest BCUT2D eigenvalue weighted by atomic mass is 32.2. The minimum atomic E-state index is -3.43. The fraction of sp³-hybridized carbons (Fsp3) is 0.692. The van der Waals surface area contributed by atoms with Crippen LogP contribution in [0, 0.1) is 0 Å². The minimum Gasteiger partial charge on any atom is -0.391 e. The molecule has 0 bridgehead atoms. The molecule has 0 unspecified atom stereocenters. The number of hydrogen-bond donors (Lipinski definition) is 2. The van der Waals surface area contributed by atoms with E-state index in [4.69, 9.17) is 5.11 Å². The first-order valence-corrected chi connectivity index (χ1v) is 9.11.